The summed E-state index contributed by atoms with van der Waals surface area (Å²) in [5, 5.41) is 4.11. The summed E-state index contributed by atoms with van der Waals surface area (Å²) < 4.78 is 0. The van der Waals surface area contributed by atoms with Gasteiger partial charge in [-0.05, 0) is 57.1 Å². The second kappa shape index (κ2) is 9.64. The number of piperidine rings is 1. The van der Waals surface area contributed by atoms with E-state index in [4.69, 9.17) is 23.2 Å². The SMILES string of the molecule is CC(NC(=O)N(Cc1ccccc1)C1CCN(C)CC1)c1cccc(Cl)c1Cl. The van der Waals surface area contributed by atoms with Gasteiger partial charge in [-0.3, -0.25) is 0 Å². The first-order valence-electron chi connectivity index (χ1n) is 9.69. The van der Waals surface area contributed by atoms with Gasteiger partial charge in [0.1, 0.15) is 0 Å². The van der Waals surface area contributed by atoms with Crippen molar-refractivity contribution in [2.75, 3.05) is 20.1 Å². The maximum atomic E-state index is 13.2. The Kier molecular flexibility index (Phi) is 7.22. The van der Waals surface area contributed by atoms with Crippen LogP contribution in [0.15, 0.2) is 48.5 Å². The van der Waals surface area contributed by atoms with Gasteiger partial charge in [0.15, 0.2) is 0 Å². The lowest BCUT2D eigenvalue weighted by atomic mass is 10.0. The van der Waals surface area contributed by atoms with Gasteiger partial charge >= 0.3 is 6.03 Å². The first-order chi connectivity index (χ1) is 13.5. The highest BCUT2D eigenvalue weighted by atomic mass is 35.5. The van der Waals surface area contributed by atoms with Crippen molar-refractivity contribution in [1.82, 2.24) is 15.1 Å². The van der Waals surface area contributed by atoms with Crippen LogP contribution in [0, 0.1) is 0 Å². The number of halogens is 2. The molecule has 1 unspecified atom stereocenters. The minimum absolute atomic E-state index is 0.0676. The van der Waals surface area contributed by atoms with E-state index < -0.39 is 0 Å². The zero-order valence-corrected chi connectivity index (χ0v) is 17.9. The lowest BCUT2D eigenvalue weighted by Gasteiger charge is -2.38. The van der Waals surface area contributed by atoms with E-state index in [0.29, 0.717) is 16.6 Å². The summed E-state index contributed by atoms with van der Waals surface area (Å²) in [5.41, 5.74) is 1.95. The summed E-state index contributed by atoms with van der Waals surface area (Å²) in [5.74, 6) is 0. The average Bonchev–Trinajstić information content (AvgIpc) is 2.69. The summed E-state index contributed by atoms with van der Waals surface area (Å²) in [6.07, 6.45) is 1.95. The van der Waals surface area contributed by atoms with Crippen LogP contribution in [0.25, 0.3) is 0 Å². The molecule has 1 heterocycles. The first-order valence-corrected chi connectivity index (χ1v) is 10.4. The number of nitrogens with one attached hydrogen (secondary N) is 1. The molecule has 6 heteroatoms. The number of benzene rings is 2. The summed E-state index contributed by atoms with van der Waals surface area (Å²) in [4.78, 5) is 17.5. The molecular weight excluding hydrogens is 393 g/mol. The number of nitrogens with zero attached hydrogens (tertiary/aromatic N) is 2. The third-order valence-electron chi connectivity index (χ3n) is 5.37. The molecular formula is C22H27Cl2N3O. The Hall–Kier alpha value is -1.75. The molecule has 1 N–H and O–H groups in total. The molecule has 0 bridgehead atoms. The summed E-state index contributed by atoms with van der Waals surface area (Å²) in [7, 11) is 2.13. The van der Waals surface area contributed by atoms with Crippen LogP contribution >= 0.6 is 23.2 Å². The van der Waals surface area contributed by atoms with Crippen LogP contribution in [0.3, 0.4) is 0 Å². The van der Waals surface area contributed by atoms with Crippen LogP contribution in [-0.2, 0) is 6.54 Å². The second-order valence-corrected chi connectivity index (χ2v) is 8.25. The molecule has 0 aromatic heterocycles. The topological polar surface area (TPSA) is 35.6 Å². The molecule has 2 aromatic rings. The predicted molar refractivity (Wildman–Crippen MR) is 116 cm³/mol. The smallest absolute Gasteiger partial charge is 0.318 e. The maximum Gasteiger partial charge on any atom is 0.318 e. The molecule has 1 atom stereocenters. The molecule has 2 aromatic carbocycles. The molecule has 1 fully saturated rings. The fourth-order valence-corrected chi connectivity index (χ4v) is 4.13. The Bertz CT molecular complexity index is 792. The van der Waals surface area contributed by atoms with Crippen molar-refractivity contribution in [2.45, 2.75) is 38.4 Å². The number of carbonyl (C=O) groups is 1. The fourth-order valence-electron chi connectivity index (χ4n) is 3.65. The molecule has 0 saturated carbocycles. The van der Waals surface area contributed by atoms with Crippen molar-refractivity contribution in [2.24, 2.45) is 0 Å². The average molecular weight is 420 g/mol. The van der Waals surface area contributed by atoms with Crippen molar-refractivity contribution in [3.8, 4) is 0 Å². The third kappa shape index (κ3) is 5.19. The van der Waals surface area contributed by atoms with Crippen molar-refractivity contribution >= 4 is 29.2 Å². The van der Waals surface area contributed by atoms with Crippen LogP contribution in [0.4, 0.5) is 4.79 Å². The monoisotopic (exact) mass is 419 g/mol. The Balaban J connectivity index is 1.76. The standard InChI is InChI=1S/C22H27Cl2N3O/c1-16(19-9-6-10-20(23)21(19)24)25-22(28)27(15-17-7-4-3-5-8-17)18-11-13-26(2)14-12-18/h3-10,16,18H,11-15H2,1-2H3,(H,25,28). The van der Waals surface area contributed by atoms with Crippen LogP contribution < -0.4 is 5.32 Å². The number of likely N-dealkylation sites (tertiary alicyclic amines) is 1. The van der Waals surface area contributed by atoms with Gasteiger partial charge < -0.3 is 15.1 Å². The minimum Gasteiger partial charge on any atom is -0.331 e. The van der Waals surface area contributed by atoms with E-state index in [2.05, 4.69) is 29.4 Å². The van der Waals surface area contributed by atoms with Crippen LogP contribution in [-0.4, -0.2) is 42.0 Å². The van der Waals surface area contributed by atoms with E-state index in [1.165, 1.54) is 0 Å². The number of hydrogen-bond donors (Lipinski definition) is 1. The molecule has 3 rings (SSSR count). The third-order valence-corrected chi connectivity index (χ3v) is 6.21. The zero-order chi connectivity index (χ0) is 20.1. The molecule has 1 saturated heterocycles. The molecule has 1 aliphatic rings. The molecule has 0 spiro atoms. The van der Waals surface area contributed by atoms with Crippen molar-refractivity contribution in [3.63, 3.8) is 0 Å². The normalized spacial score (nSPS) is 16.6. The van der Waals surface area contributed by atoms with E-state index in [1.54, 1.807) is 6.07 Å². The Morgan fingerprint density at radius 3 is 2.50 bits per heavy atom. The maximum absolute atomic E-state index is 13.2. The van der Waals surface area contributed by atoms with Gasteiger partial charge in [0.05, 0.1) is 16.1 Å². The Morgan fingerprint density at radius 2 is 1.82 bits per heavy atom. The Morgan fingerprint density at radius 1 is 1.14 bits per heavy atom. The van der Waals surface area contributed by atoms with Gasteiger partial charge in [-0.15, -0.1) is 0 Å². The van der Waals surface area contributed by atoms with E-state index in [1.807, 2.05) is 42.2 Å². The summed E-state index contributed by atoms with van der Waals surface area (Å²) >= 11 is 12.5. The number of amides is 2. The first kappa shape index (κ1) is 21.0. The molecule has 4 nitrogen and oxygen atoms in total. The van der Waals surface area contributed by atoms with Gasteiger partial charge in [-0.2, -0.15) is 0 Å². The van der Waals surface area contributed by atoms with Crippen molar-refractivity contribution in [1.29, 1.82) is 0 Å². The number of carbonyl (C=O) groups excluding carboxylic acids is 1. The highest BCUT2D eigenvalue weighted by Gasteiger charge is 2.28. The number of urea groups is 1. The van der Waals surface area contributed by atoms with Gasteiger partial charge in [0.2, 0.25) is 0 Å². The fraction of sp³-hybridized carbons (Fsp3) is 0.409. The van der Waals surface area contributed by atoms with Crippen LogP contribution in [0.5, 0.6) is 0 Å². The molecule has 28 heavy (non-hydrogen) atoms. The molecule has 1 aliphatic heterocycles. The highest BCUT2D eigenvalue weighted by Crippen LogP contribution is 2.30. The van der Waals surface area contributed by atoms with Crippen LogP contribution in [0.2, 0.25) is 10.0 Å². The van der Waals surface area contributed by atoms with Crippen LogP contribution in [0.1, 0.15) is 36.9 Å². The van der Waals surface area contributed by atoms with E-state index in [0.717, 1.165) is 37.1 Å². The Labute approximate surface area is 177 Å². The molecule has 0 aliphatic carbocycles. The number of hydrogen-bond acceptors (Lipinski definition) is 2. The lowest BCUT2D eigenvalue weighted by Crippen LogP contribution is -2.50. The van der Waals surface area contributed by atoms with E-state index in [-0.39, 0.29) is 18.1 Å². The summed E-state index contributed by atoms with van der Waals surface area (Å²) in [6, 6.07) is 15.6. The van der Waals surface area contributed by atoms with Gasteiger partial charge in [0.25, 0.3) is 0 Å². The van der Waals surface area contributed by atoms with Gasteiger partial charge in [-0.1, -0.05) is 65.7 Å². The van der Waals surface area contributed by atoms with Gasteiger partial charge in [-0.25, -0.2) is 4.79 Å². The van der Waals surface area contributed by atoms with E-state index >= 15 is 0 Å². The van der Waals surface area contributed by atoms with Crippen molar-refractivity contribution < 1.29 is 4.79 Å². The molecule has 150 valence electrons. The quantitative estimate of drug-likeness (QED) is 0.707. The number of rotatable bonds is 5. The highest BCUT2D eigenvalue weighted by molar-refractivity contribution is 6.42. The molecule has 0 radical (unpaired) electrons. The van der Waals surface area contributed by atoms with Crippen molar-refractivity contribution in [3.05, 3.63) is 69.7 Å². The largest absolute Gasteiger partial charge is 0.331 e. The zero-order valence-electron chi connectivity index (χ0n) is 16.4. The van der Waals surface area contributed by atoms with E-state index in [9.17, 15) is 4.79 Å². The minimum atomic E-state index is -0.233. The molecule has 2 amide bonds. The second-order valence-electron chi connectivity index (χ2n) is 7.46. The lowest BCUT2D eigenvalue weighted by molar-refractivity contribution is 0.125. The van der Waals surface area contributed by atoms with Gasteiger partial charge in [0, 0.05) is 12.6 Å². The summed E-state index contributed by atoms with van der Waals surface area (Å²) in [6.45, 7) is 4.53. The predicted octanol–water partition coefficient (Wildman–Crippen LogP) is 5.36.